The van der Waals surface area contributed by atoms with Crippen molar-refractivity contribution in [1.82, 2.24) is 15.1 Å². The van der Waals surface area contributed by atoms with Crippen molar-refractivity contribution >= 4 is 40.7 Å². The number of anilines is 1. The van der Waals surface area contributed by atoms with Crippen molar-refractivity contribution < 1.29 is 14.3 Å². The molecule has 2 aromatic heterocycles. The lowest BCUT2D eigenvalue weighted by Crippen LogP contribution is -2.43. The Morgan fingerprint density at radius 3 is 2.55 bits per heavy atom. The molecule has 4 aromatic rings. The van der Waals surface area contributed by atoms with Crippen LogP contribution in [0.25, 0.3) is 16.9 Å². The van der Waals surface area contributed by atoms with Gasteiger partial charge in [-0.3, -0.25) is 14.5 Å². The summed E-state index contributed by atoms with van der Waals surface area (Å²) in [6.45, 7) is 4.56. The number of benzene rings is 2. The van der Waals surface area contributed by atoms with Gasteiger partial charge in [0.05, 0.1) is 29.5 Å². The molecule has 38 heavy (non-hydrogen) atoms. The molecule has 2 aromatic carbocycles. The Bertz CT molecular complexity index is 1400. The zero-order valence-electron chi connectivity index (χ0n) is 21.6. The highest BCUT2D eigenvalue weighted by molar-refractivity contribution is 8.00. The molecule has 1 N–H and O–H groups in total. The standard InChI is InChI=1S/C29H30N4O3S2/c1-19(2)15-30-24(34)16-32-25(35)18-38-28(21-13-14-37-17-21)26-27(20-7-5-4-6-8-20)31-33(29(26)32)22-9-11-23(36-3)12-10-22/h4-14,17,19,28H,15-16,18H2,1-3H3,(H,30,34)/t28-/m1/s1. The Labute approximate surface area is 230 Å². The average molecular weight is 547 g/mol. The average Bonchev–Trinajstić information content (AvgIpc) is 3.58. The molecule has 5 rings (SSSR count). The number of thioether (sulfide) groups is 1. The molecule has 0 saturated carbocycles. The molecule has 0 bridgehead atoms. The third-order valence-corrected chi connectivity index (χ3v) is 8.26. The number of rotatable bonds is 8. The van der Waals surface area contributed by atoms with Crippen LogP contribution in [0.5, 0.6) is 5.75 Å². The van der Waals surface area contributed by atoms with Crippen LogP contribution in [0.3, 0.4) is 0 Å². The number of thiophene rings is 1. The molecule has 0 saturated heterocycles. The molecule has 0 aliphatic carbocycles. The van der Waals surface area contributed by atoms with E-state index in [4.69, 9.17) is 9.84 Å². The zero-order chi connectivity index (χ0) is 26.6. The molecule has 2 amide bonds. The van der Waals surface area contributed by atoms with Crippen LogP contribution in [0.2, 0.25) is 0 Å². The highest BCUT2D eigenvalue weighted by Gasteiger charge is 2.37. The monoisotopic (exact) mass is 546 g/mol. The predicted octanol–water partition coefficient (Wildman–Crippen LogP) is 5.55. The van der Waals surface area contributed by atoms with Crippen molar-refractivity contribution in [2.24, 2.45) is 5.92 Å². The molecule has 1 atom stereocenters. The van der Waals surface area contributed by atoms with Crippen molar-refractivity contribution in [2.45, 2.75) is 19.1 Å². The number of amides is 2. The van der Waals surface area contributed by atoms with Gasteiger partial charge in [-0.2, -0.15) is 16.4 Å². The van der Waals surface area contributed by atoms with Gasteiger partial charge in [0.1, 0.15) is 18.1 Å². The topological polar surface area (TPSA) is 76.5 Å². The molecular weight excluding hydrogens is 516 g/mol. The second-order valence-corrected chi connectivity index (χ2v) is 11.4. The Morgan fingerprint density at radius 1 is 1.13 bits per heavy atom. The maximum atomic E-state index is 13.7. The summed E-state index contributed by atoms with van der Waals surface area (Å²) >= 11 is 3.20. The van der Waals surface area contributed by atoms with E-state index < -0.39 is 0 Å². The first kappa shape index (κ1) is 26.1. The lowest BCUT2D eigenvalue weighted by molar-refractivity contribution is -0.123. The van der Waals surface area contributed by atoms with Gasteiger partial charge in [-0.05, 0) is 52.6 Å². The maximum Gasteiger partial charge on any atom is 0.240 e. The van der Waals surface area contributed by atoms with E-state index in [0.29, 0.717) is 18.3 Å². The Balaban J connectivity index is 1.73. The largest absolute Gasteiger partial charge is 0.497 e. The first-order chi connectivity index (χ1) is 18.5. The second kappa shape index (κ2) is 11.4. The molecule has 3 heterocycles. The minimum atomic E-state index is -0.194. The van der Waals surface area contributed by atoms with Crippen molar-refractivity contribution in [1.29, 1.82) is 0 Å². The number of nitrogens with one attached hydrogen (secondary N) is 1. The zero-order valence-corrected chi connectivity index (χ0v) is 23.2. The molecule has 0 fully saturated rings. The Kier molecular flexibility index (Phi) is 7.85. The van der Waals surface area contributed by atoms with Crippen molar-refractivity contribution in [3.05, 3.63) is 82.6 Å². The number of methoxy groups -OCH3 is 1. The van der Waals surface area contributed by atoms with Crippen LogP contribution >= 0.6 is 23.1 Å². The molecule has 0 unspecified atom stereocenters. The van der Waals surface area contributed by atoms with Crippen LogP contribution < -0.4 is 15.0 Å². The summed E-state index contributed by atoms with van der Waals surface area (Å²) in [7, 11) is 1.63. The molecule has 1 aliphatic heterocycles. The number of hydrogen-bond donors (Lipinski definition) is 1. The van der Waals surface area contributed by atoms with Gasteiger partial charge in [0.15, 0.2) is 0 Å². The van der Waals surface area contributed by atoms with Crippen LogP contribution in [0.4, 0.5) is 5.82 Å². The third-order valence-electron chi connectivity index (χ3n) is 6.31. The minimum Gasteiger partial charge on any atom is -0.497 e. The van der Waals surface area contributed by atoms with Gasteiger partial charge in [-0.15, -0.1) is 11.8 Å². The van der Waals surface area contributed by atoms with E-state index in [1.54, 1.807) is 39.8 Å². The lowest BCUT2D eigenvalue weighted by atomic mass is 10.0. The maximum absolute atomic E-state index is 13.7. The Hall–Kier alpha value is -3.56. The molecule has 0 spiro atoms. The highest BCUT2D eigenvalue weighted by atomic mass is 32.2. The number of hydrogen-bond acceptors (Lipinski definition) is 6. The normalized spacial score (nSPS) is 15.3. The lowest BCUT2D eigenvalue weighted by Gasteiger charge is -2.23. The fourth-order valence-corrected chi connectivity index (χ4v) is 6.40. The Morgan fingerprint density at radius 2 is 1.89 bits per heavy atom. The van der Waals surface area contributed by atoms with Gasteiger partial charge in [0.25, 0.3) is 0 Å². The predicted molar refractivity (Wildman–Crippen MR) is 154 cm³/mol. The molecule has 0 radical (unpaired) electrons. The van der Waals surface area contributed by atoms with Gasteiger partial charge in [-0.1, -0.05) is 44.2 Å². The summed E-state index contributed by atoms with van der Waals surface area (Å²) in [5.41, 5.74) is 4.57. The summed E-state index contributed by atoms with van der Waals surface area (Å²) in [5, 5.41) is 12.1. The summed E-state index contributed by atoms with van der Waals surface area (Å²) in [4.78, 5) is 28.3. The van der Waals surface area contributed by atoms with E-state index >= 15 is 0 Å². The number of nitrogens with zero attached hydrogens (tertiary/aromatic N) is 3. The van der Waals surface area contributed by atoms with Gasteiger partial charge in [0, 0.05) is 17.7 Å². The molecule has 1 aliphatic rings. The third kappa shape index (κ3) is 5.35. The number of ether oxygens (including phenoxy) is 1. The number of aromatic nitrogens is 2. The minimum absolute atomic E-state index is 0.0778. The van der Waals surface area contributed by atoms with E-state index in [1.165, 1.54) is 0 Å². The van der Waals surface area contributed by atoms with Gasteiger partial charge in [-0.25, -0.2) is 4.68 Å². The molecule has 196 valence electrons. The van der Waals surface area contributed by atoms with Gasteiger partial charge >= 0.3 is 0 Å². The van der Waals surface area contributed by atoms with E-state index in [0.717, 1.165) is 33.8 Å². The number of carbonyl (C=O) groups is 2. The van der Waals surface area contributed by atoms with E-state index in [9.17, 15) is 9.59 Å². The summed E-state index contributed by atoms with van der Waals surface area (Å²) < 4.78 is 7.17. The van der Waals surface area contributed by atoms with Crippen LogP contribution in [-0.2, 0) is 9.59 Å². The van der Waals surface area contributed by atoms with Crippen molar-refractivity contribution in [3.63, 3.8) is 0 Å². The first-order valence-corrected chi connectivity index (χ1v) is 14.5. The van der Waals surface area contributed by atoms with Crippen molar-refractivity contribution in [2.75, 3.05) is 30.9 Å². The number of fused-ring (bicyclic) bond motifs is 1. The van der Waals surface area contributed by atoms with Crippen LogP contribution in [0.1, 0.15) is 30.2 Å². The van der Waals surface area contributed by atoms with E-state index in [1.807, 2.05) is 68.4 Å². The smallest absolute Gasteiger partial charge is 0.240 e. The van der Waals surface area contributed by atoms with Crippen LogP contribution in [0.15, 0.2) is 71.4 Å². The second-order valence-electron chi connectivity index (χ2n) is 9.49. The molecule has 9 heteroatoms. The fraction of sp³-hybridized carbons (Fsp3) is 0.276. The quantitative estimate of drug-likeness (QED) is 0.314. The van der Waals surface area contributed by atoms with Crippen molar-refractivity contribution in [3.8, 4) is 22.7 Å². The van der Waals surface area contributed by atoms with Gasteiger partial charge in [0.2, 0.25) is 11.8 Å². The number of carbonyl (C=O) groups excluding carboxylic acids is 2. The summed E-state index contributed by atoms with van der Waals surface area (Å²) in [6, 6.07) is 19.7. The van der Waals surface area contributed by atoms with E-state index in [-0.39, 0.29) is 29.4 Å². The first-order valence-electron chi connectivity index (χ1n) is 12.5. The molecular formula is C29H30N4O3S2. The van der Waals surface area contributed by atoms with E-state index in [2.05, 4.69) is 22.1 Å². The fourth-order valence-electron chi connectivity index (χ4n) is 4.44. The van der Waals surface area contributed by atoms with Crippen LogP contribution in [-0.4, -0.2) is 47.5 Å². The van der Waals surface area contributed by atoms with Crippen LogP contribution in [0, 0.1) is 5.92 Å². The molecule has 7 nitrogen and oxygen atoms in total. The summed E-state index contributed by atoms with van der Waals surface area (Å²) in [5.74, 6) is 1.60. The summed E-state index contributed by atoms with van der Waals surface area (Å²) in [6.07, 6.45) is 0. The van der Waals surface area contributed by atoms with Gasteiger partial charge < -0.3 is 10.1 Å². The highest BCUT2D eigenvalue weighted by Crippen LogP contribution is 2.48. The SMILES string of the molecule is COc1ccc(-n2nc(-c3ccccc3)c3c2N(CC(=O)NCC(C)C)C(=O)CS[C@@H]3c2ccsc2)cc1.